The molecule has 0 saturated heterocycles. The van der Waals surface area contributed by atoms with E-state index in [0.717, 1.165) is 22.3 Å². The Bertz CT molecular complexity index is 1210. The Labute approximate surface area is 202 Å². The molecule has 1 heterocycles. The number of aromatic nitrogens is 1. The van der Waals surface area contributed by atoms with Crippen LogP contribution in [-0.2, 0) is 9.53 Å². The second kappa shape index (κ2) is 10.4. The summed E-state index contributed by atoms with van der Waals surface area (Å²) in [5.74, 6) is -1.77. The van der Waals surface area contributed by atoms with Gasteiger partial charge in [-0.05, 0) is 42.4 Å². The lowest BCUT2D eigenvalue weighted by Crippen LogP contribution is -2.49. The van der Waals surface area contributed by atoms with E-state index in [1.807, 2.05) is 36.4 Å². The third-order valence-corrected chi connectivity index (χ3v) is 5.75. The molecule has 1 aromatic heterocycles. The van der Waals surface area contributed by atoms with Crippen LogP contribution in [-0.4, -0.2) is 66.2 Å². The molecule has 0 aliphatic heterocycles. The van der Waals surface area contributed by atoms with Crippen molar-refractivity contribution in [3.63, 3.8) is 0 Å². The number of ether oxygens (including phenoxy) is 1. The lowest BCUT2D eigenvalue weighted by Gasteiger charge is -2.22. The molecule has 9 nitrogen and oxygen atoms in total. The number of carboxylic acid groups (broad SMARTS) is 1. The first-order valence-electron chi connectivity index (χ1n) is 11.1. The van der Waals surface area contributed by atoms with Crippen LogP contribution in [0.4, 0.5) is 10.5 Å². The summed E-state index contributed by atoms with van der Waals surface area (Å²) in [6.07, 6.45) is 1.81. The van der Waals surface area contributed by atoms with Gasteiger partial charge in [0.1, 0.15) is 12.6 Å². The average Bonchev–Trinajstić information content (AvgIpc) is 3.16. The van der Waals surface area contributed by atoms with E-state index in [1.165, 1.54) is 18.5 Å². The summed E-state index contributed by atoms with van der Waals surface area (Å²) < 4.78 is 5.56. The van der Waals surface area contributed by atoms with E-state index in [1.54, 1.807) is 19.0 Å². The number of nitrogens with one attached hydrogen (secondary N) is 2. The summed E-state index contributed by atoms with van der Waals surface area (Å²) in [7, 11) is 3.54. The maximum atomic E-state index is 12.9. The van der Waals surface area contributed by atoms with Gasteiger partial charge in [-0.1, -0.05) is 48.5 Å². The number of alkyl carbamates (subject to hydrolysis) is 1. The Kier molecular flexibility index (Phi) is 7.07. The van der Waals surface area contributed by atoms with Crippen LogP contribution < -0.4 is 10.6 Å². The van der Waals surface area contributed by atoms with E-state index in [2.05, 4.69) is 27.8 Å². The summed E-state index contributed by atoms with van der Waals surface area (Å²) in [4.78, 5) is 42.3. The normalized spacial score (nSPS) is 13.0. The van der Waals surface area contributed by atoms with Gasteiger partial charge < -0.3 is 25.4 Å². The largest absolute Gasteiger partial charge is 0.478 e. The maximum Gasteiger partial charge on any atom is 0.407 e. The van der Waals surface area contributed by atoms with Crippen LogP contribution in [0.2, 0.25) is 0 Å². The molecule has 1 unspecified atom stereocenters. The van der Waals surface area contributed by atoms with Gasteiger partial charge in [-0.2, -0.15) is 0 Å². The van der Waals surface area contributed by atoms with Crippen LogP contribution in [0.3, 0.4) is 0 Å². The van der Waals surface area contributed by atoms with Crippen molar-refractivity contribution < 1.29 is 24.2 Å². The highest BCUT2D eigenvalue weighted by Gasteiger charge is 2.30. The smallest absolute Gasteiger partial charge is 0.407 e. The van der Waals surface area contributed by atoms with Crippen LogP contribution in [0.15, 0.2) is 67.0 Å². The number of carboxylic acids is 1. The van der Waals surface area contributed by atoms with Gasteiger partial charge in [0.15, 0.2) is 0 Å². The molecule has 180 valence electrons. The van der Waals surface area contributed by atoms with Gasteiger partial charge in [-0.15, -0.1) is 0 Å². The fraction of sp³-hybridized carbons (Fsp3) is 0.231. The highest BCUT2D eigenvalue weighted by molar-refractivity contribution is 5.97. The van der Waals surface area contributed by atoms with Crippen LogP contribution in [0, 0.1) is 0 Å². The molecule has 2 aromatic carbocycles. The third-order valence-electron chi connectivity index (χ3n) is 5.75. The maximum absolute atomic E-state index is 12.9. The number of fused-ring (bicyclic) bond motifs is 3. The highest BCUT2D eigenvalue weighted by Crippen LogP contribution is 2.44. The number of hydrogen-bond acceptors (Lipinski definition) is 6. The van der Waals surface area contributed by atoms with Gasteiger partial charge in [0.2, 0.25) is 5.91 Å². The molecule has 1 atom stereocenters. The molecule has 2 amide bonds. The van der Waals surface area contributed by atoms with Crippen molar-refractivity contribution in [2.24, 2.45) is 0 Å². The molecule has 0 spiro atoms. The molecule has 3 N–H and O–H groups in total. The van der Waals surface area contributed by atoms with E-state index in [-0.39, 0.29) is 30.3 Å². The molecule has 9 heteroatoms. The molecule has 1 aliphatic carbocycles. The lowest BCUT2D eigenvalue weighted by atomic mass is 9.98. The molecule has 0 saturated carbocycles. The number of anilines is 1. The number of aromatic carboxylic acids is 1. The van der Waals surface area contributed by atoms with Gasteiger partial charge >= 0.3 is 12.1 Å². The van der Waals surface area contributed by atoms with Gasteiger partial charge in [-0.3, -0.25) is 9.78 Å². The van der Waals surface area contributed by atoms with Crippen molar-refractivity contribution in [2.45, 2.75) is 12.0 Å². The van der Waals surface area contributed by atoms with Gasteiger partial charge in [0.05, 0.1) is 17.4 Å². The summed E-state index contributed by atoms with van der Waals surface area (Å²) in [5.41, 5.74) is 4.59. The number of amides is 2. The zero-order valence-corrected chi connectivity index (χ0v) is 19.4. The minimum absolute atomic E-state index is 0.0588. The molecular weight excluding hydrogens is 448 g/mol. The number of hydrogen-bond donors (Lipinski definition) is 3. The van der Waals surface area contributed by atoms with E-state index < -0.39 is 24.0 Å². The van der Waals surface area contributed by atoms with Crippen molar-refractivity contribution in [2.75, 3.05) is 32.6 Å². The minimum Gasteiger partial charge on any atom is -0.478 e. The third kappa shape index (κ3) is 5.47. The summed E-state index contributed by atoms with van der Waals surface area (Å²) in [6.45, 7) is 0.336. The van der Waals surface area contributed by atoms with E-state index in [0.29, 0.717) is 0 Å². The molecule has 4 rings (SSSR count). The van der Waals surface area contributed by atoms with E-state index in [9.17, 15) is 14.4 Å². The second-order valence-corrected chi connectivity index (χ2v) is 8.54. The number of rotatable bonds is 8. The van der Waals surface area contributed by atoms with Gasteiger partial charge in [0.25, 0.3) is 0 Å². The zero-order valence-electron chi connectivity index (χ0n) is 19.4. The van der Waals surface area contributed by atoms with Crippen LogP contribution in [0.25, 0.3) is 11.1 Å². The fourth-order valence-corrected chi connectivity index (χ4v) is 4.20. The van der Waals surface area contributed by atoms with E-state index in [4.69, 9.17) is 9.84 Å². The number of pyridine rings is 1. The summed E-state index contributed by atoms with van der Waals surface area (Å²) in [5, 5.41) is 14.4. The zero-order chi connectivity index (χ0) is 24.9. The van der Waals surface area contributed by atoms with Gasteiger partial charge in [0, 0.05) is 18.7 Å². The monoisotopic (exact) mass is 474 g/mol. The molecular formula is C26H26N4O5. The first-order chi connectivity index (χ1) is 16.8. The van der Waals surface area contributed by atoms with Crippen LogP contribution in [0.1, 0.15) is 27.4 Å². The lowest BCUT2D eigenvalue weighted by molar-refractivity contribution is -0.118. The number of carbonyl (C=O) groups excluding carboxylic acids is 2. The topological polar surface area (TPSA) is 121 Å². The first kappa shape index (κ1) is 23.9. The Morgan fingerprint density at radius 1 is 1.03 bits per heavy atom. The van der Waals surface area contributed by atoms with Crippen molar-refractivity contribution in [3.05, 3.63) is 83.7 Å². The SMILES string of the molecule is CN(C)CC(NC(=O)OCC1c2ccccc2-c2ccccc21)C(=O)Nc1cncc(C(=O)O)c1. The number of nitrogens with zero attached hydrogens (tertiary/aromatic N) is 2. The Hall–Kier alpha value is -4.24. The predicted octanol–water partition coefficient (Wildman–Crippen LogP) is 3.19. The highest BCUT2D eigenvalue weighted by atomic mass is 16.5. The van der Waals surface area contributed by atoms with Crippen molar-refractivity contribution in [3.8, 4) is 11.1 Å². The Morgan fingerprint density at radius 3 is 2.26 bits per heavy atom. The first-order valence-corrected chi connectivity index (χ1v) is 11.1. The van der Waals surface area contributed by atoms with E-state index >= 15 is 0 Å². The van der Waals surface area contributed by atoms with Crippen molar-refractivity contribution in [1.82, 2.24) is 15.2 Å². The van der Waals surface area contributed by atoms with Crippen LogP contribution in [0.5, 0.6) is 0 Å². The number of benzene rings is 2. The Morgan fingerprint density at radius 2 is 1.66 bits per heavy atom. The predicted molar refractivity (Wildman–Crippen MR) is 130 cm³/mol. The Balaban J connectivity index is 1.42. The fourth-order valence-electron chi connectivity index (χ4n) is 4.20. The average molecular weight is 475 g/mol. The molecule has 0 radical (unpaired) electrons. The second-order valence-electron chi connectivity index (χ2n) is 8.54. The molecule has 0 fully saturated rings. The van der Waals surface area contributed by atoms with Crippen molar-refractivity contribution in [1.29, 1.82) is 0 Å². The summed E-state index contributed by atoms with van der Waals surface area (Å²) in [6, 6.07) is 16.4. The van der Waals surface area contributed by atoms with Gasteiger partial charge in [-0.25, -0.2) is 9.59 Å². The molecule has 0 bridgehead atoms. The molecule has 1 aliphatic rings. The number of likely N-dealkylation sites (N-methyl/N-ethyl adjacent to an activating group) is 1. The minimum atomic E-state index is -1.16. The standard InChI is InChI=1S/C26H26N4O5/c1-30(2)14-23(24(31)28-17-11-16(25(32)33)12-27-13-17)29-26(34)35-15-22-20-9-5-3-7-18(20)19-8-4-6-10-21(19)22/h3-13,22-23H,14-15H2,1-2H3,(H,28,31)(H,29,34)(H,32,33). The molecule has 35 heavy (non-hydrogen) atoms. The number of carbonyl (C=O) groups is 3. The summed E-state index contributed by atoms with van der Waals surface area (Å²) >= 11 is 0. The molecule has 3 aromatic rings. The quantitative estimate of drug-likeness (QED) is 0.458. The van der Waals surface area contributed by atoms with Crippen molar-refractivity contribution >= 4 is 23.7 Å². The van der Waals surface area contributed by atoms with Crippen LogP contribution >= 0.6 is 0 Å².